The Kier molecular flexibility index (Phi) is 6.58. The van der Waals surface area contributed by atoms with E-state index >= 15 is 0 Å². The van der Waals surface area contributed by atoms with Crippen molar-refractivity contribution < 1.29 is 14.7 Å². The number of carbonyl (C=O) groups excluding carboxylic acids is 1. The molecule has 0 aliphatic heterocycles. The molecule has 0 bridgehead atoms. The second-order valence-electron chi connectivity index (χ2n) is 8.64. The molecular formula is C28H24N6O3. The van der Waals surface area contributed by atoms with E-state index < -0.39 is 6.09 Å². The zero-order valence-electron chi connectivity index (χ0n) is 19.8. The highest BCUT2D eigenvalue weighted by molar-refractivity contribution is 5.94. The van der Waals surface area contributed by atoms with Crippen LogP contribution in [0.4, 0.5) is 10.6 Å². The molecule has 9 heteroatoms. The molecule has 0 unspecified atom stereocenters. The first kappa shape index (κ1) is 23.7. The van der Waals surface area contributed by atoms with E-state index in [2.05, 4.69) is 25.6 Å². The predicted molar refractivity (Wildman–Crippen MR) is 141 cm³/mol. The molecule has 0 aliphatic rings. The predicted octanol–water partition coefficient (Wildman–Crippen LogP) is 4.05. The summed E-state index contributed by atoms with van der Waals surface area (Å²) in [6.45, 7) is 0.537. The van der Waals surface area contributed by atoms with Crippen LogP contribution in [0.15, 0.2) is 79.1 Å². The average Bonchev–Trinajstić information content (AvgIpc) is 2.90. The van der Waals surface area contributed by atoms with Crippen LogP contribution in [0.3, 0.4) is 0 Å². The lowest BCUT2D eigenvalue weighted by Gasteiger charge is -2.09. The van der Waals surface area contributed by atoms with E-state index in [4.69, 9.17) is 10.8 Å². The summed E-state index contributed by atoms with van der Waals surface area (Å²) in [4.78, 5) is 36.6. The molecule has 184 valence electrons. The Labute approximate surface area is 212 Å². The number of pyridine rings is 3. The van der Waals surface area contributed by atoms with Gasteiger partial charge in [0.25, 0.3) is 5.91 Å². The van der Waals surface area contributed by atoms with Gasteiger partial charge in [-0.05, 0) is 59.0 Å². The number of amides is 2. The van der Waals surface area contributed by atoms with E-state index in [1.807, 2.05) is 48.5 Å². The van der Waals surface area contributed by atoms with Gasteiger partial charge in [0.05, 0.1) is 17.8 Å². The number of benzene rings is 2. The Morgan fingerprint density at radius 2 is 1.59 bits per heavy atom. The number of fused-ring (bicyclic) bond motifs is 2. The monoisotopic (exact) mass is 492 g/mol. The number of rotatable bonds is 7. The smallest absolute Gasteiger partial charge is 0.404 e. The van der Waals surface area contributed by atoms with E-state index in [9.17, 15) is 9.59 Å². The summed E-state index contributed by atoms with van der Waals surface area (Å²) in [5.41, 5.74) is 10.6. The first-order valence-corrected chi connectivity index (χ1v) is 11.7. The molecule has 3 heterocycles. The summed E-state index contributed by atoms with van der Waals surface area (Å²) in [5.74, 6) is 0.307. The van der Waals surface area contributed by atoms with Crippen molar-refractivity contribution in [2.24, 2.45) is 0 Å². The lowest BCUT2D eigenvalue weighted by molar-refractivity contribution is 0.0950. The lowest BCUT2D eigenvalue weighted by atomic mass is 10.0. The number of nitrogens with two attached hydrogens (primary N) is 1. The quantitative estimate of drug-likeness (QED) is 0.268. The van der Waals surface area contributed by atoms with E-state index in [1.165, 1.54) is 0 Å². The maximum atomic E-state index is 12.8. The molecule has 0 saturated heterocycles. The molecular weight excluding hydrogens is 468 g/mol. The van der Waals surface area contributed by atoms with Crippen LogP contribution in [0.25, 0.3) is 21.7 Å². The fraction of sp³-hybridized carbons (Fsp3) is 0.107. The molecule has 5 N–H and O–H groups in total. The SMILES string of the molecule is Nc1nccc2cc(CNC(=O)c3ccnc(Cc4ccc5nc(CNC(=O)O)ccc5c4)c3)ccc12. The maximum absolute atomic E-state index is 12.8. The minimum Gasteiger partial charge on any atom is -0.465 e. The molecule has 5 rings (SSSR count). The van der Waals surface area contributed by atoms with Gasteiger partial charge < -0.3 is 21.5 Å². The second kappa shape index (κ2) is 10.3. The number of nitrogens with one attached hydrogen (secondary N) is 2. The molecule has 3 aromatic heterocycles. The summed E-state index contributed by atoms with van der Waals surface area (Å²) in [6.07, 6.45) is 2.78. The largest absolute Gasteiger partial charge is 0.465 e. The topological polar surface area (TPSA) is 143 Å². The molecule has 2 aromatic carbocycles. The van der Waals surface area contributed by atoms with Gasteiger partial charge in [0.15, 0.2) is 0 Å². The van der Waals surface area contributed by atoms with Gasteiger partial charge in [0, 0.05) is 47.4 Å². The van der Waals surface area contributed by atoms with Crippen LogP contribution < -0.4 is 16.4 Å². The molecule has 5 aromatic rings. The number of hydrogen-bond donors (Lipinski definition) is 4. The van der Waals surface area contributed by atoms with E-state index in [-0.39, 0.29) is 12.5 Å². The zero-order valence-corrected chi connectivity index (χ0v) is 19.8. The van der Waals surface area contributed by atoms with Crippen LogP contribution >= 0.6 is 0 Å². The highest BCUT2D eigenvalue weighted by atomic mass is 16.4. The van der Waals surface area contributed by atoms with Crippen molar-refractivity contribution in [3.05, 3.63) is 107 Å². The van der Waals surface area contributed by atoms with Gasteiger partial charge in [0.1, 0.15) is 5.82 Å². The third-order valence-electron chi connectivity index (χ3n) is 6.01. The summed E-state index contributed by atoms with van der Waals surface area (Å²) < 4.78 is 0. The van der Waals surface area contributed by atoms with Gasteiger partial charge in [-0.3, -0.25) is 14.8 Å². The fourth-order valence-corrected chi connectivity index (χ4v) is 4.16. The van der Waals surface area contributed by atoms with Crippen LogP contribution in [0, 0.1) is 0 Å². The number of nitrogen functional groups attached to an aromatic ring is 1. The lowest BCUT2D eigenvalue weighted by Crippen LogP contribution is -2.23. The molecule has 2 amide bonds. The molecule has 0 saturated carbocycles. The maximum Gasteiger partial charge on any atom is 0.404 e. The number of carboxylic acid groups (broad SMARTS) is 1. The standard InChI is InChI=1S/C28H24N6O3/c29-26-24-5-1-18(12-19(24)7-10-31-26)15-32-27(35)21-8-9-30-23(14-21)13-17-2-6-25-20(11-17)3-4-22(34-25)16-33-28(36)37/h1-12,14,33H,13,15-16H2,(H2,29,31)(H,32,35)(H,36,37). The minimum absolute atomic E-state index is 0.152. The molecule has 37 heavy (non-hydrogen) atoms. The number of hydrogen-bond acceptors (Lipinski definition) is 6. The van der Waals surface area contributed by atoms with Crippen molar-refractivity contribution in [1.82, 2.24) is 25.6 Å². The summed E-state index contributed by atoms with van der Waals surface area (Å²) in [6, 6.07) is 20.8. The van der Waals surface area contributed by atoms with Crippen molar-refractivity contribution >= 4 is 39.5 Å². The Balaban J connectivity index is 1.25. The molecule has 0 fully saturated rings. The Morgan fingerprint density at radius 1 is 0.784 bits per heavy atom. The van der Waals surface area contributed by atoms with Crippen molar-refractivity contribution in [2.75, 3.05) is 5.73 Å². The van der Waals surface area contributed by atoms with Gasteiger partial charge in [-0.15, -0.1) is 0 Å². The summed E-state index contributed by atoms with van der Waals surface area (Å²) >= 11 is 0. The van der Waals surface area contributed by atoms with Crippen LogP contribution in [0.5, 0.6) is 0 Å². The van der Waals surface area contributed by atoms with E-state index in [1.54, 1.807) is 30.6 Å². The van der Waals surface area contributed by atoms with E-state index in [0.29, 0.717) is 30.0 Å². The Morgan fingerprint density at radius 3 is 2.46 bits per heavy atom. The van der Waals surface area contributed by atoms with Crippen LogP contribution in [0.2, 0.25) is 0 Å². The summed E-state index contributed by atoms with van der Waals surface area (Å²) in [7, 11) is 0. The van der Waals surface area contributed by atoms with Gasteiger partial charge in [-0.2, -0.15) is 0 Å². The molecule has 0 aliphatic carbocycles. The number of anilines is 1. The second-order valence-corrected chi connectivity index (χ2v) is 8.64. The van der Waals surface area contributed by atoms with Gasteiger partial charge in [-0.1, -0.05) is 24.3 Å². The van der Waals surface area contributed by atoms with Gasteiger partial charge in [-0.25, -0.2) is 9.78 Å². The van der Waals surface area contributed by atoms with Crippen LogP contribution in [0.1, 0.15) is 32.9 Å². The van der Waals surface area contributed by atoms with Crippen LogP contribution in [-0.2, 0) is 19.5 Å². The third kappa shape index (κ3) is 5.62. The van der Waals surface area contributed by atoms with Crippen molar-refractivity contribution in [2.45, 2.75) is 19.5 Å². The van der Waals surface area contributed by atoms with Crippen molar-refractivity contribution in [3.63, 3.8) is 0 Å². The molecule has 0 spiro atoms. The average molecular weight is 493 g/mol. The number of carbonyl (C=O) groups is 2. The minimum atomic E-state index is -1.09. The molecule has 0 atom stereocenters. The third-order valence-corrected chi connectivity index (χ3v) is 6.01. The Bertz CT molecular complexity index is 1640. The number of aromatic nitrogens is 3. The highest BCUT2D eigenvalue weighted by Crippen LogP contribution is 2.20. The highest BCUT2D eigenvalue weighted by Gasteiger charge is 2.09. The first-order chi connectivity index (χ1) is 17.9. The first-order valence-electron chi connectivity index (χ1n) is 11.7. The zero-order chi connectivity index (χ0) is 25.8. The Hall–Kier alpha value is -5.05. The van der Waals surface area contributed by atoms with Gasteiger partial charge >= 0.3 is 6.09 Å². The van der Waals surface area contributed by atoms with Crippen molar-refractivity contribution in [1.29, 1.82) is 0 Å². The van der Waals surface area contributed by atoms with Gasteiger partial charge in [0.2, 0.25) is 0 Å². The summed E-state index contributed by atoms with van der Waals surface area (Å²) in [5, 5.41) is 16.9. The van der Waals surface area contributed by atoms with E-state index in [0.717, 1.165) is 38.5 Å². The van der Waals surface area contributed by atoms with Crippen molar-refractivity contribution in [3.8, 4) is 0 Å². The normalized spacial score (nSPS) is 10.9. The van der Waals surface area contributed by atoms with Crippen LogP contribution in [-0.4, -0.2) is 32.1 Å². The number of nitrogens with zero attached hydrogens (tertiary/aromatic N) is 3. The fourth-order valence-electron chi connectivity index (χ4n) is 4.16. The molecule has 9 nitrogen and oxygen atoms in total. The molecule has 0 radical (unpaired) electrons.